The molecule has 21 heavy (non-hydrogen) atoms. The van der Waals surface area contributed by atoms with E-state index in [4.69, 9.17) is 0 Å². The molecule has 1 rings (SSSR count). The first kappa shape index (κ1) is 18.2. The maximum absolute atomic E-state index is 12.5. The number of hydrogen-bond donors (Lipinski definition) is 0. The number of unbranched alkanes of at least 4 members (excludes halogenated alkanes) is 1. The van der Waals surface area contributed by atoms with Gasteiger partial charge in [-0.25, -0.2) is 0 Å². The molecular weight excluding hydrogens is 408 g/mol. The zero-order valence-electron chi connectivity index (χ0n) is 12.0. The molecule has 0 aromatic rings. The molecule has 0 aromatic carbocycles. The minimum atomic E-state index is -0.838. The van der Waals surface area contributed by atoms with Crippen molar-refractivity contribution < 1.29 is 14.7 Å². The summed E-state index contributed by atoms with van der Waals surface area (Å²) in [5.41, 5.74) is 1.01. The Morgan fingerprint density at radius 3 is 2.57 bits per heavy atom. The van der Waals surface area contributed by atoms with Crippen molar-refractivity contribution in [1.82, 2.24) is 4.90 Å². The van der Waals surface area contributed by atoms with Crippen LogP contribution in [0.1, 0.15) is 39.5 Å². The molecule has 1 aliphatic heterocycles. The lowest BCUT2D eigenvalue weighted by Gasteiger charge is -2.20. The zero-order valence-corrected chi connectivity index (χ0v) is 15.1. The van der Waals surface area contributed by atoms with Gasteiger partial charge in [-0.1, -0.05) is 26.7 Å². The van der Waals surface area contributed by atoms with Gasteiger partial charge in [-0.2, -0.15) is 0 Å². The van der Waals surface area contributed by atoms with Crippen LogP contribution in [0.15, 0.2) is 20.7 Å². The highest BCUT2D eigenvalue weighted by atomic mass is 79.9. The van der Waals surface area contributed by atoms with E-state index in [0.717, 1.165) is 12.8 Å². The van der Waals surface area contributed by atoms with Gasteiger partial charge in [-0.15, -0.1) is 10.1 Å². The molecule has 1 aliphatic rings. The van der Waals surface area contributed by atoms with Gasteiger partial charge in [0, 0.05) is 12.1 Å². The second-order valence-electron chi connectivity index (χ2n) is 4.66. The van der Waals surface area contributed by atoms with E-state index in [1.165, 1.54) is 0 Å². The van der Waals surface area contributed by atoms with Gasteiger partial charge >= 0.3 is 0 Å². The Balaban J connectivity index is 3.05. The Morgan fingerprint density at radius 2 is 2.10 bits per heavy atom. The van der Waals surface area contributed by atoms with Crippen LogP contribution in [0.25, 0.3) is 0 Å². The average molecular weight is 426 g/mol. The van der Waals surface area contributed by atoms with E-state index in [1.807, 2.05) is 13.8 Å². The zero-order chi connectivity index (χ0) is 16.0. The average Bonchev–Trinajstić information content (AvgIpc) is 2.73. The number of allylic oxidation sites excluding steroid dienone is 1. The highest BCUT2D eigenvalue weighted by Gasteiger charge is 2.35. The monoisotopic (exact) mass is 424 g/mol. The van der Waals surface area contributed by atoms with E-state index in [2.05, 4.69) is 36.7 Å². The third kappa shape index (κ3) is 4.81. The molecule has 1 amide bonds. The van der Waals surface area contributed by atoms with Crippen LogP contribution in [-0.4, -0.2) is 28.5 Å². The van der Waals surface area contributed by atoms with Gasteiger partial charge in [-0.3, -0.25) is 4.79 Å². The van der Waals surface area contributed by atoms with Gasteiger partial charge in [0.15, 0.2) is 0 Å². The molecule has 0 fully saturated rings. The lowest BCUT2D eigenvalue weighted by Crippen LogP contribution is -2.31. The topological polar surface area (TPSA) is 72.7 Å². The first-order valence-corrected chi connectivity index (χ1v) is 8.40. The smallest absolute Gasteiger partial charge is 0.295 e. The van der Waals surface area contributed by atoms with Crippen LogP contribution in [0, 0.1) is 10.1 Å². The molecule has 0 bridgehead atoms. The van der Waals surface area contributed by atoms with Crippen LogP contribution in [0.3, 0.4) is 0 Å². The number of amides is 1. The molecule has 118 valence electrons. The van der Waals surface area contributed by atoms with Crippen molar-refractivity contribution in [2.45, 2.75) is 45.6 Å². The van der Waals surface area contributed by atoms with Gasteiger partial charge in [0.05, 0.1) is 9.09 Å². The summed E-state index contributed by atoms with van der Waals surface area (Å²) in [5, 5.41) is 9.78. The maximum atomic E-state index is 12.5. The number of nitrogens with zero attached hydrogens (tertiary/aromatic N) is 2. The van der Waals surface area contributed by atoms with Crippen molar-refractivity contribution in [3.05, 3.63) is 30.9 Å². The fraction of sp³-hybridized carbons (Fsp3) is 0.615. The summed E-state index contributed by atoms with van der Waals surface area (Å²) in [4.78, 5) is 29.4. The minimum Gasteiger partial charge on any atom is -0.307 e. The maximum Gasteiger partial charge on any atom is 0.295 e. The van der Waals surface area contributed by atoms with Crippen molar-refractivity contribution in [3.63, 3.8) is 0 Å². The highest BCUT2D eigenvalue weighted by Crippen LogP contribution is 2.33. The standard InChI is InChI=1S/C13H18Br2N2O4/c1-3-5-7-16-10(12(14)15)8-9(13(16)18)11(6-4-2)21-17(19)20/h8,11H,3-7H2,1-2H3. The molecule has 0 radical (unpaired) electrons. The van der Waals surface area contributed by atoms with Crippen LogP contribution in [0.5, 0.6) is 0 Å². The Hall–Kier alpha value is -0.890. The summed E-state index contributed by atoms with van der Waals surface area (Å²) in [7, 11) is 0. The normalized spacial score (nSPS) is 16.0. The second kappa shape index (κ2) is 8.53. The molecule has 1 unspecified atom stereocenters. The van der Waals surface area contributed by atoms with E-state index in [9.17, 15) is 14.9 Å². The van der Waals surface area contributed by atoms with Crippen LogP contribution < -0.4 is 0 Å². The van der Waals surface area contributed by atoms with Crippen LogP contribution >= 0.6 is 31.9 Å². The van der Waals surface area contributed by atoms with Gasteiger partial charge in [0.25, 0.3) is 11.0 Å². The van der Waals surface area contributed by atoms with E-state index in [0.29, 0.717) is 34.0 Å². The van der Waals surface area contributed by atoms with Gasteiger partial charge in [0.2, 0.25) is 0 Å². The van der Waals surface area contributed by atoms with Gasteiger partial charge < -0.3 is 9.74 Å². The van der Waals surface area contributed by atoms with Crippen molar-refractivity contribution in [2.24, 2.45) is 0 Å². The summed E-state index contributed by atoms with van der Waals surface area (Å²) in [6.07, 6.45) is 3.76. The third-order valence-electron chi connectivity index (χ3n) is 3.12. The number of carbonyl (C=O) groups is 1. The second-order valence-corrected chi connectivity index (χ2v) is 7.31. The van der Waals surface area contributed by atoms with Gasteiger partial charge in [-0.05, 0) is 50.8 Å². The molecule has 6 nitrogen and oxygen atoms in total. The Bertz CT molecular complexity index is 473. The summed E-state index contributed by atoms with van der Waals surface area (Å²) < 4.78 is 0.644. The summed E-state index contributed by atoms with van der Waals surface area (Å²) >= 11 is 6.62. The molecule has 0 aromatic heterocycles. The van der Waals surface area contributed by atoms with Crippen LogP contribution in [0.2, 0.25) is 0 Å². The molecule has 0 N–H and O–H groups in total. The Labute approximate surface area is 140 Å². The number of halogens is 2. The lowest BCUT2D eigenvalue weighted by molar-refractivity contribution is -0.766. The fourth-order valence-corrected chi connectivity index (χ4v) is 2.77. The molecule has 1 atom stereocenters. The molecule has 8 heteroatoms. The third-order valence-corrected chi connectivity index (χ3v) is 3.93. The van der Waals surface area contributed by atoms with Gasteiger partial charge in [0.1, 0.15) is 6.10 Å². The summed E-state index contributed by atoms with van der Waals surface area (Å²) in [5.74, 6) is -0.227. The lowest BCUT2D eigenvalue weighted by atomic mass is 10.1. The molecule has 0 spiro atoms. The first-order chi connectivity index (χ1) is 9.92. The largest absolute Gasteiger partial charge is 0.307 e. The molecule has 0 saturated carbocycles. The van der Waals surface area contributed by atoms with E-state index >= 15 is 0 Å². The quantitative estimate of drug-likeness (QED) is 0.436. The molecular formula is C13H18Br2N2O4. The van der Waals surface area contributed by atoms with Crippen molar-refractivity contribution >= 4 is 37.8 Å². The Morgan fingerprint density at radius 1 is 1.43 bits per heavy atom. The minimum absolute atomic E-state index is 0.227. The number of rotatable bonds is 8. The number of hydrogen-bond acceptors (Lipinski definition) is 4. The van der Waals surface area contributed by atoms with Crippen molar-refractivity contribution in [1.29, 1.82) is 0 Å². The van der Waals surface area contributed by atoms with Crippen molar-refractivity contribution in [3.8, 4) is 0 Å². The molecule has 0 aliphatic carbocycles. The summed E-state index contributed by atoms with van der Waals surface area (Å²) in [6.45, 7) is 4.50. The van der Waals surface area contributed by atoms with E-state index in [1.54, 1.807) is 11.0 Å². The van der Waals surface area contributed by atoms with E-state index < -0.39 is 11.2 Å². The highest BCUT2D eigenvalue weighted by molar-refractivity contribution is 9.28. The van der Waals surface area contributed by atoms with Crippen LogP contribution in [-0.2, 0) is 9.63 Å². The predicted octanol–water partition coefficient (Wildman–Crippen LogP) is 3.89. The Kier molecular flexibility index (Phi) is 7.37. The SMILES string of the molecule is CCCCN1C(=O)C(C(CCC)O[N+](=O)[O-])=CC1=C(Br)Br. The summed E-state index contributed by atoms with van der Waals surface area (Å²) in [6, 6.07) is 0. The van der Waals surface area contributed by atoms with Crippen molar-refractivity contribution in [2.75, 3.05) is 6.54 Å². The first-order valence-electron chi connectivity index (χ1n) is 6.82. The fourth-order valence-electron chi connectivity index (χ4n) is 2.11. The molecule has 0 saturated heterocycles. The van der Waals surface area contributed by atoms with E-state index in [-0.39, 0.29) is 5.91 Å². The van der Waals surface area contributed by atoms with Crippen LogP contribution in [0.4, 0.5) is 0 Å². The predicted molar refractivity (Wildman–Crippen MR) is 86.4 cm³/mol. The molecule has 1 heterocycles. The number of carbonyl (C=O) groups excluding carboxylic acids is 1.